The van der Waals surface area contributed by atoms with E-state index in [-0.39, 0.29) is 11.9 Å². The van der Waals surface area contributed by atoms with Crippen LogP contribution >= 0.6 is 0 Å². The van der Waals surface area contributed by atoms with E-state index >= 15 is 0 Å². The number of carbonyl (C=O) groups excluding carboxylic acids is 1. The van der Waals surface area contributed by atoms with Gasteiger partial charge in [-0.25, -0.2) is 9.97 Å². The summed E-state index contributed by atoms with van der Waals surface area (Å²) in [5.41, 5.74) is 6.32. The van der Waals surface area contributed by atoms with Gasteiger partial charge in [0.05, 0.1) is 5.56 Å². The van der Waals surface area contributed by atoms with Crippen molar-refractivity contribution in [1.82, 2.24) is 14.9 Å². The molecular weight excluding hydrogens is 216 g/mol. The Hall–Kier alpha value is -1.49. The average molecular weight is 234 g/mol. The van der Waals surface area contributed by atoms with Gasteiger partial charge in [-0.15, -0.1) is 0 Å². The van der Waals surface area contributed by atoms with Crippen LogP contribution in [0.15, 0.2) is 18.7 Å². The fraction of sp³-hybridized carbons (Fsp3) is 0.583. The second-order valence-electron chi connectivity index (χ2n) is 4.55. The third kappa shape index (κ3) is 2.44. The van der Waals surface area contributed by atoms with Crippen LogP contribution in [0, 0.1) is 5.92 Å². The van der Waals surface area contributed by atoms with Gasteiger partial charge in [0.25, 0.3) is 5.91 Å². The molecule has 1 aliphatic heterocycles. The van der Waals surface area contributed by atoms with Crippen molar-refractivity contribution in [2.24, 2.45) is 11.7 Å². The first-order chi connectivity index (χ1) is 8.24. The highest BCUT2D eigenvalue weighted by atomic mass is 16.2. The molecule has 1 fully saturated rings. The highest BCUT2D eigenvalue weighted by molar-refractivity contribution is 5.93. The Morgan fingerprint density at radius 2 is 2.24 bits per heavy atom. The van der Waals surface area contributed by atoms with Crippen molar-refractivity contribution in [2.45, 2.75) is 25.8 Å². The van der Waals surface area contributed by atoms with Crippen molar-refractivity contribution in [3.63, 3.8) is 0 Å². The first-order valence-electron chi connectivity index (χ1n) is 6.00. The van der Waals surface area contributed by atoms with Crippen molar-refractivity contribution in [2.75, 3.05) is 13.1 Å². The molecule has 0 radical (unpaired) electrons. The number of amides is 1. The van der Waals surface area contributed by atoms with E-state index in [1.165, 1.54) is 6.33 Å². The number of hydrogen-bond acceptors (Lipinski definition) is 4. The Labute approximate surface area is 101 Å². The highest BCUT2D eigenvalue weighted by Crippen LogP contribution is 2.23. The molecule has 0 aliphatic carbocycles. The smallest absolute Gasteiger partial charge is 0.257 e. The van der Waals surface area contributed by atoms with E-state index in [1.54, 1.807) is 12.4 Å². The van der Waals surface area contributed by atoms with E-state index in [1.807, 2.05) is 4.90 Å². The summed E-state index contributed by atoms with van der Waals surface area (Å²) in [6, 6.07) is 0.136. The summed E-state index contributed by atoms with van der Waals surface area (Å²) in [7, 11) is 0. The minimum absolute atomic E-state index is 0.00685. The number of likely N-dealkylation sites (tertiary alicyclic amines) is 1. The summed E-state index contributed by atoms with van der Waals surface area (Å²) >= 11 is 0. The zero-order valence-electron chi connectivity index (χ0n) is 10.0. The van der Waals surface area contributed by atoms with Crippen LogP contribution in [-0.4, -0.2) is 39.9 Å². The third-order valence-electron chi connectivity index (χ3n) is 3.43. The number of hydrogen-bond donors (Lipinski definition) is 1. The second-order valence-corrected chi connectivity index (χ2v) is 4.55. The molecule has 1 saturated heterocycles. The lowest BCUT2D eigenvalue weighted by atomic mass is 9.90. The predicted octanol–water partition coefficient (Wildman–Crippen LogP) is 0.676. The van der Waals surface area contributed by atoms with Crippen LogP contribution in [0.3, 0.4) is 0 Å². The van der Waals surface area contributed by atoms with Gasteiger partial charge in [0.2, 0.25) is 0 Å². The summed E-state index contributed by atoms with van der Waals surface area (Å²) in [6.45, 7) is 3.44. The van der Waals surface area contributed by atoms with E-state index in [9.17, 15) is 4.79 Å². The van der Waals surface area contributed by atoms with Crippen LogP contribution in [0.1, 0.15) is 30.1 Å². The Morgan fingerprint density at radius 3 is 2.88 bits per heavy atom. The number of piperidine rings is 1. The van der Waals surface area contributed by atoms with Crippen molar-refractivity contribution in [3.05, 3.63) is 24.3 Å². The van der Waals surface area contributed by atoms with Gasteiger partial charge < -0.3 is 10.6 Å². The molecule has 2 unspecified atom stereocenters. The Morgan fingerprint density at radius 1 is 1.53 bits per heavy atom. The van der Waals surface area contributed by atoms with Crippen molar-refractivity contribution in [1.29, 1.82) is 0 Å². The molecule has 2 rings (SSSR count). The number of nitrogens with two attached hydrogens (primary N) is 1. The molecule has 0 spiro atoms. The minimum Gasteiger partial charge on any atom is -0.334 e. The fourth-order valence-corrected chi connectivity index (χ4v) is 2.44. The zero-order chi connectivity index (χ0) is 12.3. The highest BCUT2D eigenvalue weighted by Gasteiger charge is 2.31. The van der Waals surface area contributed by atoms with Crippen LogP contribution in [0.4, 0.5) is 0 Å². The Balaban J connectivity index is 2.18. The van der Waals surface area contributed by atoms with Crippen LogP contribution in [0.2, 0.25) is 0 Å². The SMILES string of the molecule is CC1CCCN(C(=O)c2cncnc2)C1CN. The van der Waals surface area contributed by atoms with E-state index in [2.05, 4.69) is 16.9 Å². The maximum Gasteiger partial charge on any atom is 0.257 e. The number of aromatic nitrogens is 2. The van der Waals surface area contributed by atoms with Crippen LogP contribution in [0.5, 0.6) is 0 Å². The summed E-state index contributed by atoms with van der Waals surface area (Å²) in [5.74, 6) is 0.454. The minimum atomic E-state index is -0.00685. The monoisotopic (exact) mass is 234 g/mol. The van der Waals surface area contributed by atoms with Gasteiger partial charge in [-0.3, -0.25) is 4.79 Å². The predicted molar refractivity (Wildman–Crippen MR) is 64.3 cm³/mol. The molecule has 1 aliphatic rings. The third-order valence-corrected chi connectivity index (χ3v) is 3.43. The normalized spacial score (nSPS) is 24.7. The first kappa shape index (κ1) is 12.0. The lowest BCUT2D eigenvalue weighted by Crippen LogP contribution is -2.51. The van der Waals surface area contributed by atoms with Crippen LogP contribution < -0.4 is 5.73 Å². The quantitative estimate of drug-likeness (QED) is 0.816. The lowest BCUT2D eigenvalue weighted by Gasteiger charge is -2.39. The number of nitrogens with zero attached hydrogens (tertiary/aromatic N) is 3. The molecule has 1 amide bonds. The molecule has 5 heteroatoms. The van der Waals surface area contributed by atoms with E-state index in [0.717, 1.165) is 19.4 Å². The summed E-state index contributed by atoms with van der Waals surface area (Å²) in [4.78, 5) is 21.9. The molecule has 0 bridgehead atoms. The summed E-state index contributed by atoms with van der Waals surface area (Å²) in [5, 5.41) is 0. The molecule has 2 N–H and O–H groups in total. The first-order valence-corrected chi connectivity index (χ1v) is 6.00. The maximum absolute atomic E-state index is 12.3. The second kappa shape index (κ2) is 5.23. The van der Waals surface area contributed by atoms with Crippen LogP contribution in [0.25, 0.3) is 0 Å². The van der Waals surface area contributed by atoms with Crippen molar-refractivity contribution in [3.8, 4) is 0 Å². The van der Waals surface area contributed by atoms with E-state index in [0.29, 0.717) is 18.0 Å². The average Bonchev–Trinajstić information content (AvgIpc) is 2.38. The molecule has 17 heavy (non-hydrogen) atoms. The molecule has 2 heterocycles. The molecule has 0 saturated carbocycles. The Bertz CT molecular complexity index is 381. The van der Waals surface area contributed by atoms with Gasteiger partial charge in [-0.1, -0.05) is 6.92 Å². The van der Waals surface area contributed by atoms with Gasteiger partial charge in [0, 0.05) is 31.5 Å². The van der Waals surface area contributed by atoms with E-state index in [4.69, 9.17) is 5.73 Å². The molecule has 1 aromatic rings. The van der Waals surface area contributed by atoms with Gasteiger partial charge in [0.15, 0.2) is 0 Å². The zero-order valence-corrected chi connectivity index (χ0v) is 10.0. The van der Waals surface area contributed by atoms with Gasteiger partial charge >= 0.3 is 0 Å². The molecule has 92 valence electrons. The molecule has 0 aromatic carbocycles. The largest absolute Gasteiger partial charge is 0.334 e. The van der Waals surface area contributed by atoms with Gasteiger partial charge in [-0.05, 0) is 18.8 Å². The number of rotatable bonds is 2. The van der Waals surface area contributed by atoms with Crippen molar-refractivity contribution < 1.29 is 4.79 Å². The standard InChI is InChI=1S/C12H18N4O/c1-9-3-2-4-16(11(9)5-13)12(17)10-6-14-8-15-7-10/h6-9,11H,2-5,13H2,1H3. The Kier molecular flexibility index (Phi) is 3.68. The molecule has 2 atom stereocenters. The van der Waals surface area contributed by atoms with Gasteiger partial charge in [0.1, 0.15) is 6.33 Å². The van der Waals surface area contributed by atoms with E-state index < -0.39 is 0 Å². The maximum atomic E-state index is 12.3. The molecule has 5 nitrogen and oxygen atoms in total. The van der Waals surface area contributed by atoms with Gasteiger partial charge in [-0.2, -0.15) is 0 Å². The topological polar surface area (TPSA) is 72.1 Å². The van der Waals surface area contributed by atoms with Crippen molar-refractivity contribution >= 4 is 5.91 Å². The fourth-order valence-electron chi connectivity index (χ4n) is 2.44. The molecule has 1 aromatic heterocycles. The number of carbonyl (C=O) groups is 1. The lowest BCUT2D eigenvalue weighted by molar-refractivity contribution is 0.0531. The molecular formula is C12H18N4O. The summed E-state index contributed by atoms with van der Waals surface area (Å²) < 4.78 is 0. The summed E-state index contributed by atoms with van der Waals surface area (Å²) in [6.07, 6.45) is 6.72. The van der Waals surface area contributed by atoms with Crippen LogP contribution in [-0.2, 0) is 0 Å².